The highest BCUT2D eigenvalue weighted by Crippen LogP contribution is 2.16. The molecule has 0 aliphatic carbocycles. The Hall–Kier alpha value is -3.15. The van der Waals surface area contributed by atoms with Crippen LogP contribution in [0.25, 0.3) is 0 Å². The van der Waals surface area contributed by atoms with Crippen LogP contribution in [0.1, 0.15) is 46.7 Å². The molecule has 1 atom stereocenters. The summed E-state index contributed by atoms with van der Waals surface area (Å²) >= 11 is 0. The van der Waals surface area contributed by atoms with Crippen molar-refractivity contribution in [2.24, 2.45) is 0 Å². The molecule has 2 aromatic heterocycles. The topological polar surface area (TPSA) is 79.8 Å². The van der Waals surface area contributed by atoms with Gasteiger partial charge in [0.1, 0.15) is 11.4 Å². The van der Waals surface area contributed by atoms with E-state index in [1.807, 2.05) is 43.3 Å². The zero-order valence-corrected chi connectivity index (χ0v) is 15.6. The minimum atomic E-state index is -0.327. The maximum atomic E-state index is 13.0. The van der Waals surface area contributed by atoms with E-state index >= 15 is 0 Å². The Labute approximate surface area is 158 Å². The van der Waals surface area contributed by atoms with Crippen molar-refractivity contribution in [3.05, 3.63) is 87.9 Å². The zero-order valence-electron chi connectivity index (χ0n) is 15.6. The zero-order chi connectivity index (χ0) is 19.2. The minimum absolute atomic E-state index is 0.148. The molecule has 3 rings (SSSR count). The number of benzene rings is 1. The van der Waals surface area contributed by atoms with Gasteiger partial charge in [0.05, 0.1) is 6.04 Å². The van der Waals surface area contributed by atoms with Crippen molar-refractivity contribution >= 4 is 5.91 Å². The van der Waals surface area contributed by atoms with Gasteiger partial charge < -0.3 is 14.9 Å². The summed E-state index contributed by atoms with van der Waals surface area (Å²) in [5.74, 6) is 0.561. The van der Waals surface area contributed by atoms with Gasteiger partial charge >= 0.3 is 0 Å². The first-order valence-electron chi connectivity index (χ1n) is 9.11. The maximum Gasteiger partial charge on any atom is 0.264 e. The lowest BCUT2D eigenvalue weighted by atomic mass is 10.1. The van der Waals surface area contributed by atoms with Gasteiger partial charge in [-0.1, -0.05) is 30.3 Å². The van der Waals surface area contributed by atoms with Gasteiger partial charge in [-0.3, -0.25) is 9.59 Å². The Morgan fingerprint density at radius 2 is 2.04 bits per heavy atom. The van der Waals surface area contributed by atoms with E-state index in [9.17, 15) is 9.59 Å². The van der Waals surface area contributed by atoms with Crippen molar-refractivity contribution in [1.82, 2.24) is 19.9 Å². The quantitative estimate of drug-likeness (QED) is 0.633. The number of nitrogens with one attached hydrogen (secondary N) is 2. The van der Waals surface area contributed by atoms with Crippen LogP contribution in [0, 0.1) is 6.92 Å². The molecule has 140 valence electrons. The molecule has 0 spiro atoms. The number of amides is 1. The first-order chi connectivity index (χ1) is 13.1. The molecule has 0 aliphatic heterocycles. The summed E-state index contributed by atoms with van der Waals surface area (Å²) in [6, 6.07) is 11.4. The molecular weight excluding hydrogens is 340 g/mol. The summed E-state index contributed by atoms with van der Waals surface area (Å²) in [5, 5.41) is 2.86. The lowest BCUT2D eigenvalue weighted by Gasteiger charge is -2.17. The first-order valence-corrected chi connectivity index (χ1v) is 9.11. The number of imidazole rings is 1. The van der Waals surface area contributed by atoms with Crippen LogP contribution in [0.3, 0.4) is 0 Å². The highest BCUT2D eigenvalue weighted by atomic mass is 16.2. The predicted molar refractivity (Wildman–Crippen MR) is 105 cm³/mol. The average Bonchev–Trinajstić information content (AvgIpc) is 3.19. The number of carbonyl (C=O) groups is 1. The normalized spacial score (nSPS) is 11.9. The largest absolute Gasteiger partial charge is 0.352 e. The van der Waals surface area contributed by atoms with Gasteiger partial charge in [-0.25, -0.2) is 4.98 Å². The maximum absolute atomic E-state index is 13.0. The van der Waals surface area contributed by atoms with Crippen molar-refractivity contribution in [3.8, 4) is 0 Å². The van der Waals surface area contributed by atoms with E-state index < -0.39 is 0 Å². The molecule has 1 amide bonds. The van der Waals surface area contributed by atoms with Crippen LogP contribution in [0.15, 0.2) is 59.8 Å². The number of hydrogen-bond acceptors (Lipinski definition) is 3. The third-order valence-electron chi connectivity index (χ3n) is 4.68. The van der Waals surface area contributed by atoms with Crippen LogP contribution in [-0.2, 0) is 6.42 Å². The number of aromatic nitrogens is 3. The molecule has 0 bridgehead atoms. The van der Waals surface area contributed by atoms with Gasteiger partial charge in [0, 0.05) is 31.6 Å². The van der Waals surface area contributed by atoms with Gasteiger partial charge in [0.25, 0.3) is 11.5 Å². The molecule has 3 aromatic rings. The Morgan fingerprint density at radius 1 is 1.26 bits per heavy atom. The molecule has 2 heterocycles. The van der Waals surface area contributed by atoms with Crippen molar-refractivity contribution in [2.45, 2.75) is 32.7 Å². The Balaban J connectivity index is 1.72. The van der Waals surface area contributed by atoms with Gasteiger partial charge in [-0.2, -0.15) is 0 Å². The smallest absolute Gasteiger partial charge is 0.264 e. The van der Waals surface area contributed by atoms with Crippen LogP contribution in [0.4, 0.5) is 0 Å². The Bertz CT molecular complexity index is 946. The molecule has 0 saturated carbocycles. The van der Waals surface area contributed by atoms with Gasteiger partial charge in [0.15, 0.2) is 0 Å². The number of rotatable bonds is 7. The Kier molecular flexibility index (Phi) is 5.86. The van der Waals surface area contributed by atoms with E-state index in [1.54, 1.807) is 30.1 Å². The summed E-state index contributed by atoms with van der Waals surface area (Å²) < 4.78 is 1.61. The summed E-state index contributed by atoms with van der Waals surface area (Å²) in [6.07, 6.45) is 6.73. The molecule has 0 saturated heterocycles. The van der Waals surface area contributed by atoms with E-state index in [0.29, 0.717) is 12.1 Å². The van der Waals surface area contributed by atoms with Crippen molar-refractivity contribution < 1.29 is 4.79 Å². The molecule has 0 radical (unpaired) electrons. The van der Waals surface area contributed by atoms with Crippen molar-refractivity contribution in [3.63, 3.8) is 0 Å². The third kappa shape index (κ3) is 4.34. The second-order valence-corrected chi connectivity index (χ2v) is 6.57. The fraction of sp³-hybridized carbons (Fsp3) is 0.286. The fourth-order valence-electron chi connectivity index (χ4n) is 3.10. The van der Waals surface area contributed by atoms with E-state index in [-0.39, 0.29) is 23.1 Å². The van der Waals surface area contributed by atoms with Crippen LogP contribution in [0.2, 0.25) is 0 Å². The van der Waals surface area contributed by atoms with Gasteiger partial charge in [-0.05, 0) is 37.5 Å². The molecule has 27 heavy (non-hydrogen) atoms. The van der Waals surface area contributed by atoms with E-state index in [2.05, 4.69) is 15.3 Å². The lowest BCUT2D eigenvalue weighted by molar-refractivity contribution is 0.0950. The van der Waals surface area contributed by atoms with Crippen LogP contribution in [-0.4, -0.2) is 27.0 Å². The number of hydrogen-bond donors (Lipinski definition) is 2. The lowest BCUT2D eigenvalue weighted by Crippen LogP contribution is -2.35. The standard InChI is InChI=1S/C21H24N4O2/c1-15-10-14-25(16(2)17-7-4-3-5-8-17)21(27)19(15)20(26)24-11-6-9-18-22-12-13-23-18/h3-5,7-8,10,12-14,16H,6,9,11H2,1-2H3,(H,22,23)(H,24,26). The minimum Gasteiger partial charge on any atom is -0.352 e. The average molecular weight is 364 g/mol. The third-order valence-corrected chi connectivity index (χ3v) is 4.68. The summed E-state index contributed by atoms with van der Waals surface area (Å²) in [7, 11) is 0. The SMILES string of the molecule is Cc1ccn(C(C)c2ccccc2)c(=O)c1C(=O)NCCCc1ncc[nH]1. The second-order valence-electron chi connectivity index (χ2n) is 6.57. The highest BCUT2D eigenvalue weighted by molar-refractivity contribution is 5.95. The number of carbonyl (C=O) groups excluding carboxylic acids is 1. The van der Waals surface area contributed by atoms with E-state index in [4.69, 9.17) is 0 Å². The number of nitrogens with zero attached hydrogens (tertiary/aromatic N) is 2. The molecule has 0 fully saturated rings. The van der Waals surface area contributed by atoms with Crippen molar-refractivity contribution in [1.29, 1.82) is 0 Å². The monoisotopic (exact) mass is 364 g/mol. The van der Waals surface area contributed by atoms with Gasteiger partial charge in [-0.15, -0.1) is 0 Å². The summed E-state index contributed by atoms with van der Waals surface area (Å²) in [4.78, 5) is 32.8. The van der Waals surface area contributed by atoms with E-state index in [1.165, 1.54) is 0 Å². The van der Waals surface area contributed by atoms with Gasteiger partial charge in [0.2, 0.25) is 0 Å². The molecule has 1 aromatic carbocycles. The highest BCUT2D eigenvalue weighted by Gasteiger charge is 2.18. The molecule has 6 nitrogen and oxygen atoms in total. The molecule has 6 heteroatoms. The number of aromatic amines is 1. The molecule has 0 aliphatic rings. The first kappa shape index (κ1) is 18.6. The Morgan fingerprint density at radius 3 is 2.74 bits per heavy atom. The fourth-order valence-corrected chi connectivity index (χ4v) is 3.10. The van der Waals surface area contributed by atoms with Crippen molar-refractivity contribution in [2.75, 3.05) is 6.54 Å². The van der Waals surface area contributed by atoms with E-state index in [0.717, 1.165) is 24.2 Å². The number of aryl methyl sites for hydroxylation is 2. The second kappa shape index (κ2) is 8.49. The summed E-state index contributed by atoms with van der Waals surface area (Å²) in [6.45, 7) is 4.23. The molecule has 2 N–H and O–H groups in total. The van der Waals surface area contributed by atoms with Crippen LogP contribution in [0.5, 0.6) is 0 Å². The number of H-pyrrole nitrogens is 1. The van der Waals surface area contributed by atoms with Crippen LogP contribution >= 0.6 is 0 Å². The molecule has 1 unspecified atom stereocenters. The predicted octanol–water partition coefficient (Wildman–Crippen LogP) is 2.85. The molecular formula is C21H24N4O2. The summed E-state index contributed by atoms with van der Waals surface area (Å²) in [5.41, 5.74) is 1.64. The van der Waals surface area contributed by atoms with Crippen LogP contribution < -0.4 is 10.9 Å². The number of pyridine rings is 1.